The quantitative estimate of drug-likeness (QED) is 0.809. The summed E-state index contributed by atoms with van der Waals surface area (Å²) in [6, 6.07) is 7.54. The zero-order valence-corrected chi connectivity index (χ0v) is 11.8. The second-order valence-corrected chi connectivity index (χ2v) is 4.50. The zero-order valence-electron chi connectivity index (χ0n) is 11.8. The third-order valence-corrected chi connectivity index (χ3v) is 3.26. The highest BCUT2D eigenvalue weighted by molar-refractivity contribution is 5.29. The molecular weight excluding hydrogens is 228 g/mol. The van der Waals surface area contributed by atoms with Gasteiger partial charge in [0.1, 0.15) is 11.9 Å². The highest BCUT2D eigenvalue weighted by Crippen LogP contribution is 2.32. The maximum Gasteiger partial charge on any atom is 0.119 e. The molecule has 0 radical (unpaired) electrons. The molecule has 0 aromatic heterocycles. The van der Waals surface area contributed by atoms with Crippen LogP contribution in [-0.4, -0.2) is 23.9 Å². The van der Waals surface area contributed by atoms with Crippen molar-refractivity contribution >= 4 is 0 Å². The van der Waals surface area contributed by atoms with Gasteiger partial charge in [0, 0.05) is 6.61 Å². The van der Waals surface area contributed by atoms with Crippen molar-refractivity contribution in [1.82, 2.24) is 0 Å². The first kappa shape index (κ1) is 15.0. The van der Waals surface area contributed by atoms with Crippen LogP contribution in [0.2, 0.25) is 0 Å². The van der Waals surface area contributed by atoms with Gasteiger partial charge in [-0.2, -0.15) is 0 Å². The highest BCUT2D eigenvalue weighted by atomic mass is 16.5. The number of hydrogen-bond acceptors (Lipinski definition) is 3. The van der Waals surface area contributed by atoms with Gasteiger partial charge in [0.25, 0.3) is 0 Å². The van der Waals surface area contributed by atoms with Gasteiger partial charge in [-0.3, -0.25) is 0 Å². The molecule has 2 unspecified atom stereocenters. The molecule has 0 aliphatic rings. The van der Waals surface area contributed by atoms with Crippen LogP contribution in [-0.2, 0) is 4.74 Å². The summed E-state index contributed by atoms with van der Waals surface area (Å²) in [5, 5.41) is 10.4. The van der Waals surface area contributed by atoms with Crippen LogP contribution in [0.25, 0.3) is 0 Å². The average molecular weight is 252 g/mol. The Bertz CT molecular complexity index is 347. The van der Waals surface area contributed by atoms with Crippen LogP contribution in [0.1, 0.15) is 45.8 Å². The molecule has 0 heterocycles. The van der Waals surface area contributed by atoms with Gasteiger partial charge in [-0.25, -0.2) is 0 Å². The molecule has 0 aliphatic heterocycles. The Morgan fingerprint density at radius 1 is 1.11 bits per heavy atom. The second-order valence-electron chi connectivity index (χ2n) is 4.50. The minimum atomic E-state index is -0.627. The summed E-state index contributed by atoms with van der Waals surface area (Å²) >= 11 is 0. The monoisotopic (exact) mass is 252 g/mol. The van der Waals surface area contributed by atoms with Crippen molar-refractivity contribution in [2.75, 3.05) is 13.2 Å². The lowest BCUT2D eigenvalue weighted by molar-refractivity contribution is -0.113. The van der Waals surface area contributed by atoms with E-state index in [1.807, 2.05) is 52.0 Å². The van der Waals surface area contributed by atoms with Crippen LogP contribution in [0.4, 0.5) is 0 Å². The summed E-state index contributed by atoms with van der Waals surface area (Å²) in [5.41, 5.74) is 0.318. The summed E-state index contributed by atoms with van der Waals surface area (Å²) in [6.45, 7) is 9.10. The second kappa shape index (κ2) is 6.76. The van der Waals surface area contributed by atoms with Gasteiger partial charge in [-0.15, -0.1) is 0 Å². The fraction of sp³-hybridized carbons (Fsp3) is 0.600. The SMILES string of the molecule is CCOc1ccc(C(O)C(C)(CC)OCC)cc1. The standard InChI is InChI=1S/C15H24O3/c1-5-15(4,18-7-3)14(16)12-8-10-13(11-9-12)17-6-2/h8-11,14,16H,5-7H2,1-4H3. The van der Waals surface area contributed by atoms with E-state index in [-0.39, 0.29) is 0 Å². The molecule has 0 fully saturated rings. The van der Waals surface area contributed by atoms with Gasteiger partial charge in [-0.1, -0.05) is 19.1 Å². The zero-order chi connectivity index (χ0) is 13.6. The smallest absolute Gasteiger partial charge is 0.119 e. The number of benzene rings is 1. The summed E-state index contributed by atoms with van der Waals surface area (Å²) in [6.07, 6.45) is 0.132. The number of rotatable bonds is 7. The van der Waals surface area contributed by atoms with Crippen molar-refractivity contribution in [2.45, 2.75) is 45.8 Å². The lowest BCUT2D eigenvalue weighted by Crippen LogP contribution is -2.35. The van der Waals surface area contributed by atoms with Gasteiger partial charge in [0.05, 0.1) is 12.2 Å². The number of aliphatic hydroxyl groups excluding tert-OH is 1. The molecule has 3 heteroatoms. The number of aliphatic hydroxyl groups is 1. The van der Waals surface area contributed by atoms with Crippen LogP contribution < -0.4 is 4.74 Å². The van der Waals surface area contributed by atoms with E-state index in [0.29, 0.717) is 13.2 Å². The molecule has 0 saturated heterocycles. The van der Waals surface area contributed by atoms with E-state index in [4.69, 9.17) is 9.47 Å². The number of ether oxygens (including phenoxy) is 2. The van der Waals surface area contributed by atoms with E-state index in [0.717, 1.165) is 17.7 Å². The lowest BCUT2D eigenvalue weighted by Gasteiger charge is -2.33. The molecule has 0 amide bonds. The molecule has 0 aliphatic carbocycles. The summed E-state index contributed by atoms with van der Waals surface area (Å²) in [4.78, 5) is 0. The van der Waals surface area contributed by atoms with Crippen molar-refractivity contribution in [3.8, 4) is 5.75 Å². The molecule has 0 bridgehead atoms. The molecule has 102 valence electrons. The Hall–Kier alpha value is -1.06. The third-order valence-electron chi connectivity index (χ3n) is 3.26. The minimum absolute atomic E-state index is 0.540. The molecule has 18 heavy (non-hydrogen) atoms. The Kier molecular flexibility index (Phi) is 5.63. The Labute approximate surface area is 110 Å². The summed E-state index contributed by atoms with van der Waals surface area (Å²) in [7, 11) is 0. The van der Waals surface area contributed by atoms with E-state index >= 15 is 0 Å². The van der Waals surface area contributed by atoms with Crippen molar-refractivity contribution < 1.29 is 14.6 Å². The molecule has 0 saturated carbocycles. The largest absolute Gasteiger partial charge is 0.494 e. The normalized spacial score (nSPS) is 16.1. The van der Waals surface area contributed by atoms with Crippen molar-refractivity contribution in [3.05, 3.63) is 29.8 Å². The average Bonchev–Trinajstić information content (AvgIpc) is 2.39. The Morgan fingerprint density at radius 3 is 2.17 bits per heavy atom. The van der Waals surface area contributed by atoms with Crippen molar-refractivity contribution in [1.29, 1.82) is 0 Å². The minimum Gasteiger partial charge on any atom is -0.494 e. The van der Waals surface area contributed by atoms with Crippen LogP contribution in [0.5, 0.6) is 5.75 Å². The number of hydrogen-bond donors (Lipinski definition) is 1. The molecule has 1 aromatic rings. The van der Waals surface area contributed by atoms with Crippen molar-refractivity contribution in [2.24, 2.45) is 0 Å². The Morgan fingerprint density at radius 2 is 1.72 bits per heavy atom. The molecule has 1 rings (SSSR count). The fourth-order valence-corrected chi connectivity index (χ4v) is 1.97. The van der Waals surface area contributed by atoms with E-state index in [9.17, 15) is 5.11 Å². The van der Waals surface area contributed by atoms with Gasteiger partial charge in [0.2, 0.25) is 0 Å². The first-order valence-corrected chi connectivity index (χ1v) is 6.62. The lowest BCUT2D eigenvalue weighted by atomic mass is 9.90. The predicted molar refractivity (Wildman–Crippen MR) is 72.9 cm³/mol. The third kappa shape index (κ3) is 3.47. The van der Waals surface area contributed by atoms with Crippen LogP contribution in [0.15, 0.2) is 24.3 Å². The van der Waals surface area contributed by atoms with E-state index in [1.165, 1.54) is 0 Å². The molecule has 3 nitrogen and oxygen atoms in total. The van der Waals surface area contributed by atoms with Gasteiger partial charge in [-0.05, 0) is 44.9 Å². The van der Waals surface area contributed by atoms with Crippen LogP contribution in [0, 0.1) is 0 Å². The maximum absolute atomic E-state index is 10.4. The Balaban J connectivity index is 2.84. The maximum atomic E-state index is 10.4. The van der Waals surface area contributed by atoms with Crippen molar-refractivity contribution in [3.63, 3.8) is 0 Å². The summed E-state index contributed by atoms with van der Waals surface area (Å²) < 4.78 is 11.1. The van der Waals surface area contributed by atoms with Crippen LogP contribution in [0.3, 0.4) is 0 Å². The summed E-state index contributed by atoms with van der Waals surface area (Å²) in [5.74, 6) is 0.822. The highest BCUT2D eigenvalue weighted by Gasteiger charge is 2.32. The molecule has 0 spiro atoms. The first-order valence-electron chi connectivity index (χ1n) is 6.62. The van der Waals surface area contributed by atoms with Crippen LogP contribution >= 0.6 is 0 Å². The van der Waals surface area contributed by atoms with E-state index in [1.54, 1.807) is 0 Å². The van der Waals surface area contributed by atoms with Gasteiger partial charge in [0.15, 0.2) is 0 Å². The molecule has 1 aromatic carbocycles. The van der Waals surface area contributed by atoms with Gasteiger partial charge < -0.3 is 14.6 Å². The molecule has 2 atom stereocenters. The first-order chi connectivity index (χ1) is 8.57. The fourth-order valence-electron chi connectivity index (χ4n) is 1.97. The topological polar surface area (TPSA) is 38.7 Å². The molecular formula is C15H24O3. The molecule has 1 N–H and O–H groups in total. The van der Waals surface area contributed by atoms with Gasteiger partial charge >= 0.3 is 0 Å². The predicted octanol–water partition coefficient (Wildman–Crippen LogP) is 3.32. The van der Waals surface area contributed by atoms with E-state index in [2.05, 4.69) is 0 Å². The van der Waals surface area contributed by atoms with E-state index < -0.39 is 11.7 Å².